The fourth-order valence-corrected chi connectivity index (χ4v) is 3.06. The van der Waals surface area contributed by atoms with Gasteiger partial charge in [-0.05, 0) is 29.8 Å². The van der Waals surface area contributed by atoms with Gasteiger partial charge in [0.25, 0.3) is 5.56 Å². The van der Waals surface area contributed by atoms with Crippen LogP contribution in [0.3, 0.4) is 0 Å². The molecule has 26 heavy (non-hydrogen) atoms. The summed E-state index contributed by atoms with van der Waals surface area (Å²) < 4.78 is 6.99. The number of aromatic nitrogens is 4. The summed E-state index contributed by atoms with van der Waals surface area (Å²) >= 11 is 6.03. The van der Waals surface area contributed by atoms with Gasteiger partial charge in [0.2, 0.25) is 0 Å². The molecule has 0 saturated carbocycles. The van der Waals surface area contributed by atoms with Crippen LogP contribution in [-0.2, 0) is 6.54 Å². The first-order valence-electron chi connectivity index (χ1n) is 7.98. The number of ether oxygens (including phenoxy) is 1. The summed E-state index contributed by atoms with van der Waals surface area (Å²) in [6, 6.07) is 14.8. The number of benzene rings is 2. The molecule has 0 fully saturated rings. The predicted octanol–water partition coefficient (Wildman–Crippen LogP) is 3.50. The third-order valence-corrected chi connectivity index (χ3v) is 4.30. The number of H-pyrrole nitrogens is 1. The first-order chi connectivity index (χ1) is 12.6. The van der Waals surface area contributed by atoms with Crippen LogP contribution in [0.15, 0.2) is 59.7 Å². The molecule has 2 heterocycles. The monoisotopic (exact) mass is 366 g/mol. The summed E-state index contributed by atoms with van der Waals surface area (Å²) in [5.41, 5.74) is 2.32. The Hall–Kier alpha value is -3.12. The highest BCUT2D eigenvalue weighted by Gasteiger charge is 2.12. The molecule has 2 aromatic carbocycles. The number of fused-ring (bicyclic) bond motifs is 1. The molecule has 0 bridgehead atoms. The smallest absolute Gasteiger partial charge is 0.277 e. The summed E-state index contributed by atoms with van der Waals surface area (Å²) in [6.07, 6.45) is 1.61. The van der Waals surface area contributed by atoms with Gasteiger partial charge in [0.05, 0.1) is 13.4 Å². The van der Waals surface area contributed by atoms with Crippen molar-refractivity contribution in [1.82, 2.24) is 19.5 Å². The Morgan fingerprint density at radius 2 is 2.04 bits per heavy atom. The molecule has 0 atom stereocenters. The highest BCUT2D eigenvalue weighted by Crippen LogP contribution is 2.21. The Labute approximate surface area is 154 Å². The molecule has 6 nitrogen and oxygen atoms in total. The molecule has 0 aliphatic carbocycles. The summed E-state index contributed by atoms with van der Waals surface area (Å²) in [5.74, 6) is 1.14. The molecule has 0 unspecified atom stereocenters. The highest BCUT2D eigenvalue weighted by molar-refractivity contribution is 6.30. The quantitative estimate of drug-likeness (QED) is 0.600. The molecule has 0 aliphatic heterocycles. The van der Waals surface area contributed by atoms with Crippen LogP contribution in [0.4, 0.5) is 0 Å². The number of halogens is 1. The second-order valence-electron chi connectivity index (χ2n) is 5.82. The van der Waals surface area contributed by atoms with Crippen LogP contribution in [0.25, 0.3) is 22.6 Å². The molecule has 2 aromatic heterocycles. The third-order valence-electron chi connectivity index (χ3n) is 4.07. The van der Waals surface area contributed by atoms with Gasteiger partial charge in [0.15, 0.2) is 11.2 Å². The maximum Gasteiger partial charge on any atom is 0.277 e. The van der Waals surface area contributed by atoms with E-state index in [0.29, 0.717) is 34.3 Å². The van der Waals surface area contributed by atoms with Gasteiger partial charge in [0.1, 0.15) is 11.6 Å². The van der Waals surface area contributed by atoms with Crippen LogP contribution in [0.1, 0.15) is 5.56 Å². The van der Waals surface area contributed by atoms with E-state index in [1.54, 1.807) is 18.0 Å². The van der Waals surface area contributed by atoms with Crippen molar-refractivity contribution in [1.29, 1.82) is 0 Å². The number of nitrogens with zero attached hydrogens (tertiary/aromatic N) is 3. The molecule has 1 N–H and O–H groups in total. The SMILES string of the molecule is COc1cccc(-c2nc3ncn(Cc4cccc(Cl)c4)c3c(=O)[nH]2)c1. The van der Waals surface area contributed by atoms with Crippen molar-refractivity contribution in [2.75, 3.05) is 7.11 Å². The van der Waals surface area contributed by atoms with Crippen LogP contribution < -0.4 is 10.3 Å². The molecule has 0 saturated heterocycles. The number of methoxy groups -OCH3 is 1. The van der Waals surface area contributed by atoms with Crippen molar-refractivity contribution in [2.45, 2.75) is 6.54 Å². The first-order valence-corrected chi connectivity index (χ1v) is 8.36. The maximum absolute atomic E-state index is 12.7. The van der Waals surface area contributed by atoms with Gasteiger partial charge in [-0.1, -0.05) is 35.9 Å². The van der Waals surface area contributed by atoms with E-state index < -0.39 is 0 Å². The maximum atomic E-state index is 12.7. The van der Waals surface area contributed by atoms with Gasteiger partial charge in [-0.3, -0.25) is 4.79 Å². The van der Waals surface area contributed by atoms with Crippen LogP contribution in [-0.4, -0.2) is 26.6 Å². The van der Waals surface area contributed by atoms with Crippen LogP contribution in [0.2, 0.25) is 5.02 Å². The molecule has 7 heteroatoms. The average Bonchev–Trinajstić information content (AvgIpc) is 3.05. The Bertz CT molecular complexity index is 1150. The molecular formula is C19H15ClN4O2. The molecule has 0 aliphatic rings. The number of hydrogen-bond acceptors (Lipinski definition) is 4. The summed E-state index contributed by atoms with van der Waals surface area (Å²) in [6.45, 7) is 0.486. The van der Waals surface area contributed by atoms with E-state index in [1.807, 2.05) is 48.5 Å². The van der Waals surface area contributed by atoms with Crippen LogP contribution >= 0.6 is 11.6 Å². The molecule has 130 valence electrons. The van der Waals surface area contributed by atoms with Crippen molar-refractivity contribution in [3.05, 3.63) is 75.8 Å². The second kappa shape index (κ2) is 6.65. The minimum atomic E-state index is -0.243. The van der Waals surface area contributed by atoms with Gasteiger partial charge in [-0.25, -0.2) is 9.97 Å². The molecule has 4 aromatic rings. The van der Waals surface area contributed by atoms with Gasteiger partial charge in [-0.2, -0.15) is 0 Å². The van der Waals surface area contributed by atoms with E-state index in [4.69, 9.17) is 16.3 Å². The van der Waals surface area contributed by atoms with E-state index in [2.05, 4.69) is 15.0 Å². The number of imidazole rings is 1. The van der Waals surface area contributed by atoms with E-state index in [-0.39, 0.29) is 5.56 Å². The standard InChI is InChI=1S/C19H15ClN4O2/c1-26-15-7-3-5-13(9-15)17-22-18-16(19(25)23-17)24(11-21-18)10-12-4-2-6-14(20)8-12/h2-9,11H,10H2,1H3,(H,22,23,25). The lowest BCUT2D eigenvalue weighted by Gasteiger charge is -2.06. The third kappa shape index (κ3) is 3.07. The lowest BCUT2D eigenvalue weighted by Crippen LogP contribution is -2.13. The van der Waals surface area contributed by atoms with E-state index in [1.165, 1.54) is 0 Å². The lowest BCUT2D eigenvalue weighted by molar-refractivity contribution is 0.415. The minimum absolute atomic E-state index is 0.243. The molecule has 0 radical (unpaired) electrons. The van der Waals surface area contributed by atoms with Crippen molar-refractivity contribution >= 4 is 22.8 Å². The fourth-order valence-electron chi connectivity index (χ4n) is 2.85. The number of rotatable bonds is 4. The van der Waals surface area contributed by atoms with Gasteiger partial charge >= 0.3 is 0 Å². The minimum Gasteiger partial charge on any atom is -0.497 e. The first kappa shape index (κ1) is 16.4. The van der Waals surface area contributed by atoms with E-state index in [0.717, 1.165) is 11.1 Å². The number of nitrogens with one attached hydrogen (secondary N) is 1. The molecule has 4 rings (SSSR count). The molecule has 0 spiro atoms. The van der Waals surface area contributed by atoms with Crippen molar-refractivity contribution in [3.8, 4) is 17.1 Å². The Kier molecular flexibility index (Phi) is 4.18. The van der Waals surface area contributed by atoms with Crippen LogP contribution in [0.5, 0.6) is 5.75 Å². The zero-order valence-corrected chi connectivity index (χ0v) is 14.7. The van der Waals surface area contributed by atoms with Crippen LogP contribution in [0, 0.1) is 0 Å². The normalized spacial score (nSPS) is 11.0. The lowest BCUT2D eigenvalue weighted by atomic mass is 10.2. The van der Waals surface area contributed by atoms with Crippen molar-refractivity contribution in [3.63, 3.8) is 0 Å². The van der Waals surface area contributed by atoms with E-state index >= 15 is 0 Å². The van der Waals surface area contributed by atoms with Gasteiger partial charge in [0, 0.05) is 17.1 Å². The second-order valence-corrected chi connectivity index (χ2v) is 6.26. The summed E-state index contributed by atoms with van der Waals surface area (Å²) in [5, 5.41) is 0.652. The van der Waals surface area contributed by atoms with E-state index in [9.17, 15) is 4.79 Å². The predicted molar refractivity (Wildman–Crippen MR) is 101 cm³/mol. The summed E-state index contributed by atoms with van der Waals surface area (Å²) in [7, 11) is 1.59. The van der Waals surface area contributed by atoms with Crippen molar-refractivity contribution in [2.24, 2.45) is 0 Å². The number of hydrogen-bond donors (Lipinski definition) is 1. The molecular weight excluding hydrogens is 352 g/mol. The fraction of sp³-hybridized carbons (Fsp3) is 0.105. The average molecular weight is 367 g/mol. The Balaban J connectivity index is 1.77. The highest BCUT2D eigenvalue weighted by atomic mass is 35.5. The van der Waals surface area contributed by atoms with Gasteiger partial charge in [-0.15, -0.1) is 0 Å². The summed E-state index contributed by atoms with van der Waals surface area (Å²) in [4.78, 5) is 24.3. The van der Waals surface area contributed by atoms with Gasteiger partial charge < -0.3 is 14.3 Å². The Morgan fingerprint density at radius 3 is 2.85 bits per heavy atom. The zero-order valence-electron chi connectivity index (χ0n) is 13.9. The topological polar surface area (TPSA) is 72.8 Å². The molecule has 0 amide bonds. The zero-order chi connectivity index (χ0) is 18.1. The largest absolute Gasteiger partial charge is 0.497 e. The number of aromatic amines is 1. The Morgan fingerprint density at radius 1 is 1.19 bits per heavy atom. The van der Waals surface area contributed by atoms with Crippen molar-refractivity contribution < 1.29 is 4.74 Å².